The Bertz CT molecular complexity index is 1420. The molecule has 0 aliphatic heterocycles. The van der Waals surface area contributed by atoms with E-state index in [0.717, 1.165) is 29.4 Å². The third-order valence-electron chi connectivity index (χ3n) is 7.08. The highest BCUT2D eigenvalue weighted by atomic mass is 32.2. The van der Waals surface area contributed by atoms with Crippen LogP contribution in [-0.2, 0) is 27.6 Å². The molecular weight excluding hydrogens is 524 g/mol. The molecule has 216 valence electrons. The van der Waals surface area contributed by atoms with Crippen LogP contribution in [0.15, 0.2) is 72.8 Å². The number of nitrogens with one attached hydrogen (secondary N) is 1. The van der Waals surface area contributed by atoms with Crippen LogP contribution in [0.1, 0.15) is 54.7 Å². The van der Waals surface area contributed by atoms with Crippen molar-refractivity contribution in [1.82, 2.24) is 10.2 Å². The Labute approximate surface area is 239 Å². The molecule has 3 aromatic carbocycles. The average molecular weight is 567 g/mol. The summed E-state index contributed by atoms with van der Waals surface area (Å²) in [6, 6.07) is 22.3. The smallest absolute Gasteiger partial charge is 0.326 e. The third-order valence-corrected chi connectivity index (χ3v) is 8.05. The van der Waals surface area contributed by atoms with E-state index in [1.165, 1.54) is 5.56 Å². The van der Waals surface area contributed by atoms with E-state index in [9.17, 15) is 23.1 Å². The Morgan fingerprint density at radius 1 is 0.950 bits per heavy atom. The molecule has 1 amide bonds. The third kappa shape index (κ3) is 9.03. The van der Waals surface area contributed by atoms with Crippen LogP contribution < -0.4 is 5.32 Å². The molecule has 3 rings (SSSR count). The Morgan fingerprint density at radius 2 is 1.57 bits per heavy atom. The average Bonchev–Trinajstić information content (AvgIpc) is 2.86. The van der Waals surface area contributed by atoms with Gasteiger partial charge in [0.25, 0.3) is 5.91 Å². The molecule has 2 N–H and O–H groups in total. The van der Waals surface area contributed by atoms with Crippen LogP contribution in [0.5, 0.6) is 0 Å². The van der Waals surface area contributed by atoms with Gasteiger partial charge in [-0.3, -0.25) is 9.69 Å². The number of hydrogen-bond acceptors (Lipinski definition) is 5. The molecule has 0 heterocycles. The quantitative estimate of drug-likeness (QED) is 0.306. The molecule has 0 unspecified atom stereocenters. The molecule has 0 fully saturated rings. The molecule has 0 spiro atoms. The van der Waals surface area contributed by atoms with Crippen LogP contribution in [0.25, 0.3) is 11.1 Å². The van der Waals surface area contributed by atoms with Gasteiger partial charge in [-0.05, 0) is 80.6 Å². The SMILES string of the molecule is C.Cc1ccccc1-c1cc(CN(C)C(C)(C)Cc2ccccc2)ccc1C(=O)N[C@@H](CCS(C)(=O)=O)C(=O)O. The van der Waals surface area contributed by atoms with Crippen LogP contribution in [0.2, 0.25) is 0 Å². The maximum atomic E-state index is 13.4. The van der Waals surface area contributed by atoms with Crippen molar-refractivity contribution in [3.8, 4) is 11.1 Å². The van der Waals surface area contributed by atoms with E-state index in [1.807, 2.05) is 61.5 Å². The minimum absolute atomic E-state index is 0. The van der Waals surface area contributed by atoms with Crippen molar-refractivity contribution in [2.45, 2.75) is 59.2 Å². The lowest BCUT2D eigenvalue weighted by Gasteiger charge is -2.36. The minimum Gasteiger partial charge on any atom is -0.480 e. The first-order chi connectivity index (χ1) is 18.3. The molecule has 0 saturated heterocycles. The van der Waals surface area contributed by atoms with Crippen LogP contribution >= 0.6 is 0 Å². The first kappa shape index (κ1) is 32.7. The van der Waals surface area contributed by atoms with Crippen LogP contribution in [0.4, 0.5) is 0 Å². The highest BCUT2D eigenvalue weighted by Crippen LogP contribution is 2.30. The van der Waals surface area contributed by atoms with Gasteiger partial charge in [0, 0.05) is 23.9 Å². The van der Waals surface area contributed by atoms with Gasteiger partial charge in [0.05, 0.1) is 5.75 Å². The van der Waals surface area contributed by atoms with Crippen molar-refractivity contribution < 1.29 is 23.1 Å². The number of aliphatic carboxylic acids is 1. The summed E-state index contributed by atoms with van der Waals surface area (Å²) in [4.78, 5) is 27.4. The van der Waals surface area contributed by atoms with E-state index in [4.69, 9.17) is 0 Å². The number of carboxylic acid groups (broad SMARTS) is 1. The lowest BCUT2D eigenvalue weighted by Crippen LogP contribution is -2.42. The molecule has 7 nitrogen and oxygen atoms in total. The summed E-state index contributed by atoms with van der Waals surface area (Å²) in [7, 11) is -1.30. The standard InChI is InChI=1S/C31H38N2O5S.CH4/c1-22-11-9-10-14-25(22)27-19-24(21-33(4)31(2,3)20-23-12-7-6-8-13-23)15-16-26(27)29(34)32-28(30(35)36)17-18-39(5,37)38;/h6-16,19,28H,17-18,20-21H2,1-5H3,(H,32,34)(H,35,36);1H4/t28-;/m0./s1. The molecule has 0 aromatic heterocycles. The molecule has 0 radical (unpaired) electrons. The van der Waals surface area contributed by atoms with E-state index >= 15 is 0 Å². The molecule has 0 saturated carbocycles. The zero-order chi connectivity index (χ0) is 28.8. The molecule has 40 heavy (non-hydrogen) atoms. The molecule has 1 atom stereocenters. The van der Waals surface area contributed by atoms with Crippen molar-refractivity contribution in [1.29, 1.82) is 0 Å². The number of amides is 1. The second kappa shape index (κ2) is 13.7. The molecule has 8 heteroatoms. The summed E-state index contributed by atoms with van der Waals surface area (Å²) in [5.74, 6) is -2.17. The fourth-order valence-corrected chi connectivity index (χ4v) is 5.19. The van der Waals surface area contributed by atoms with Gasteiger partial charge in [-0.1, -0.05) is 68.1 Å². The summed E-state index contributed by atoms with van der Waals surface area (Å²) >= 11 is 0. The van der Waals surface area contributed by atoms with Gasteiger partial charge in [0.1, 0.15) is 15.9 Å². The van der Waals surface area contributed by atoms with Crippen molar-refractivity contribution >= 4 is 21.7 Å². The zero-order valence-electron chi connectivity index (χ0n) is 23.3. The summed E-state index contributed by atoms with van der Waals surface area (Å²) in [5, 5.41) is 12.1. The van der Waals surface area contributed by atoms with Gasteiger partial charge < -0.3 is 10.4 Å². The van der Waals surface area contributed by atoms with E-state index in [2.05, 4.69) is 43.2 Å². The zero-order valence-corrected chi connectivity index (χ0v) is 24.1. The van der Waals surface area contributed by atoms with Crippen LogP contribution in [0, 0.1) is 6.92 Å². The van der Waals surface area contributed by atoms with Crippen molar-refractivity contribution in [3.05, 3.63) is 95.1 Å². The van der Waals surface area contributed by atoms with Crippen molar-refractivity contribution in [2.75, 3.05) is 19.1 Å². The number of carbonyl (C=O) groups excluding carboxylic acids is 1. The Kier molecular flexibility index (Phi) is 11.2. The second-order valence-electron chi connectivity index (χ2n) is 10.8. The lowest BCUT2D eigenvalue weighted by molar-refractivity contribution is -0.139. The minimum atomic E-state index is -3.38. The van der Waals surface area contributed by atoms with Gasteiger partial charge >= 0.3 is 5.97 Å². The molecule has 0 aliphatic rings. The van der Waals surface area contributed by atoms with Gasteiger partial charge in [-0.15, -0.1) is 0 Å². The lowest BCUT2D eigenvalue weighted by atomic mass is 9.91. The number of rotatable bonds is 12. The van der Waals surface area contributed by atoms with Gasteiger partial charge in [-0.25, -0.2) is 13.2 Å². The molecule has 3 aromatic rings. The molecular formula is C32H42N2O5S. The summed E-state index contributed by atoms with van der Waals surface area (Å²) < 4.78 is 23.2. The van der Waals surface area contributed by atoms with E-state index < -0.39 is 27.8 Å². The second-order valence-corrected chi connectivity index (χ2v) is 13.1. The number of carbonyl (C=O) groups is 2. The maximum Gasteiger partial charge on any atom is 0.326 e. The fraction of sp³-hybridized carbons (Fsp3) is 0.375. The van der Waals surface area contributed by atoms with Crippen LogP contribution in [-0.4, -0.2) is 60.9 Å². The van der Waals surface area contributed by atoms with Gasteiger partial charge in [-0.2, -0.15) is 0 Å². The maximum absolute atomic E-state index is 13.4. The van der Waals surface area contributed by atoms with E-state index in [1.54, 1.807) is 6.07 Å². The monoisotopic (exact) mass is 566 g/mol. The Balaban J connectivity index is 0.00000560. The predicted molar refractivity (Wildman–Crippen MR) is 162 cm³/mol. The first-order valence-corrected chi connectivity index (χ1v) is 15.0. The number of aryl methyl sites for hydroxylation is 1. The number of likely N-dealkylation sites (N-methyl/N-ethyl adjacent to an activating group) is 1. The van der Waals surface area contributed by atoms with Crippen LogP contribution in [0.3, 0.4) is 0 Å². The summed E-state index contributed by atoms with van der Waals surface area (Å²) in [6.45, 7) is 7.01. The number of nitrogens with zero attached hydrogens (tertiary/aromatic N) is 1. The first-order valence-electron chi connectivity index (χ1n) is 12.9. The highest BCUT2D eigenvalue weighted by molar-refractivity contribution is 7.90. The highest BCUT2D eigenvalue weighted by Gasteiger charge is 2.26. The number of sulfone groups is 1. The Morgan fingerprint density at radius 3 is 2.17 bits per heavy atom. The van der Waals surface area contributed by atoms with Crippen molar-refractivity contribution in [2.24, 2.45) is 0 Å². The molecule has 0 bridgehead atoms. The number of hydrogen-bond donors (Lipinski definition) is 2. The Hall–Kier alpha value is -3.49. The normalized spacial score (nSPS) is 12.4. The van der Waals surface area contributed by atoms with Crippen molar-refractivity contribution in [3.63, 3.8) is 0 Å². The predicted octanol–water partition coefficient (Wildman–Crippen LogP) is 5.37. The van der Waals surface area contributed by atoms with E-state index in [-0.39, 0.29) is 25.1 Å². The largest absolute Gasteiger partial charge is 0.480 e. The van der Waals surface area contributed by atoms with E-state index in [0.29, 0.717) is 17.7 Å². The van der Waals surface area contributed by atoms with Gasteiger partial charge in [0.15, 0.2) is 0 Å². The fourth-order valence-electron chi connectivity index (χ4n) is 4.53. The molecule has 0 aliphatic carbocycles. The summed E-state index contributed by atoms with van der Waals surface area (Å²) in [5.41, 5.74) is 5.03. The number of benzene rings is 3. The summed E-state index contributed by atoms with van der Waals surface area (Å²) in [6.07, 6.45) is 1.71. The topological polar surface area (TPSA) is 104 Å². The van der Waals surface area contributed by atoms with Gasteiger partial charge in [0.2, 0.25) is 0 Å². The number of carboxylic acids is 1.